The fourth-order valence-electron chi connectivity index (χ4n) is 3.70. The summed E-state index contributed by atoms with van der Waals surface area (Å²) in [4.78, 5) is 1.32. The zero-order chi connectivity index (χ0) is 19.6. The Morgan fingerprint density at radius 3 is 1.86 bits per heavy atom. The van der Waals surface area contributed by atoms with E-state index < -0.39 is 0 Å². The van der Waals surface area contributed by atoms with Crippen LogP contribution in [0.2, 0.25) is 0 Å². The van der Waals surface area contributed by atoms with E-state index in [-0.39, 0.29) is 10.5 Å². The number of fused-ring (bicyclic) bond motifs is 3. The molecule has 29 heavy (non-hydrogen) atoms. The number of ether oxygens (including phenoxy) is 1. The summed E-state index contributed by atoms with van der Waals surface area (Å²) in [6.45, 7) is 4.36. The SMILES string of the molecule is C=Cc1ccc(COc2ccc(-[s+]3c4ccccc4c4ccccc43)cc2)cc1. The summed E-state index contributed by atoms with van der Waals surface area (Å²) in [5, 5.41) is 2.71. The second-order valence-electron chi connectivity index (χ2n) is 7.00. The summed E-state index contributed by atoms with van der Waals surface area (Å²) >= 11 is 0. The van der Waals surface area contributed by atoms with E-state index in [1.54, 1.807) is 0 Å². The van der Waals surface area contributed by atoms with E-state index in [1.807, 2.05) is 6.08 Å². The zero-order valence-electron chi connectivity index (χ0n) is 16.0. The fourth-order valence-corrected chi connectivity index (χ4v) is 6.07. The minimum absolute atomic E-state index is 0.0575. The highest BCUT2D eigenvalue weighted by atomic mass is 32.2. The molecule has 0 spiro atoms. The van der Waals surface area contributed by atoms with Crippen molar-refractivity contribution in [2.24, 2.45) is 0 Å². The molecule has 0 fully saturated rings. The molecule has 5 rings (SSSR count). The van der Waals surface area contributed by atoms with Crippen molar-refractivity contribution in [2.75, 3.05) is 0 Å². The Hall–Kier alpha value is -3.36. The van der Waals surface area contributed by atoms with Gasteiger partial charge in [0.25, 0.3) is 0 Å². The number of thiophene rings is 1. The van der Waals surface area contributed by atoms with Crippen molar-refractivity contribution in [1.29, 1.82) is 0 Å². The Bertz CT molecular complexity index is 1240. The van der Waals surface area contributed by atoms with Gasteiger partial charge in [0.15, 0.2) is 14.3 Å². The molecule has 0 aliphatic rings. The van der Waals surface area contributed by atoms with E-state index in [1.165, 1.54) is 25.1 Å². The van der Waals surface area contributed by atoms with Crippen LogP contribution in [0.3, 0.4) is 0 Å². The standard InChI is InChI=1S/C27H21OS/c1-2-20-11-13-21(14-12-20)19-28-22-15-17-23(18-16-22)29-26-9-5-3-7-24(26)25-8-4-6-10-27(25)29/h2-18H,1,19H2/q+1. The first-order valence-electron chi connectivity index (χ1n) is 9.70. The number of rotatable bonds is 5. The zero-order valence-corrected chi connectivity index (χ0v) is 16.9. The van der Waals surface area contributed by atoms with Crippen molar-refractivity contribution < 1.29 is 4.74 Å². The van der Waals surface area contributed by atoms with E-state index in [2.05, 4.69) is 104 Å². The molecule has 0 amide bonds. The molecule has 0 bridgehead atoms. The topological polar surface area (TPSA) is 9.23 Å². The Kier molecular flexibility index (Phi) is 4.63. The first-order valence-corrected chi connectivity index (χ1v) is 10.9. The second-order valence-corrected chi connectivity index (χ2v) is 8.97. The molecular weight excluding hydrogens is 372 g/mol. The molecule has 1 heterocycles. The Morgan fingerprint density at radius 2 is 1.28 bits per heavy atom. The third-order valence-electron chi connectivity index (χ3n) is 5.18. The van der Waals surface area contributed by atoms with E-state index in [0.29, 0.717) is 6.61 Å². The average molecular weight is 394 g/mol. The predicted molar refractivity (Wildman–Crippen MR) is 126 cm³/mol. The minimum atomic E-state index is -0.0575. The van der Waals surface area contributed by atoms with Crippen LogP contribution in [-0.2, 0) is 6.61 Å². The quantitative estimate of drug-likeness (QED) is 0.275. The first-order chi connectivity index (χ1) is 14.3. The number of hydrogen-bond donors (Lipinski definition) is 0. The minimum Gasteiger partial charge on any atom is -0.489 e. The third kappa shape index (κ3) is 3.32. The number of hydrogen-bond acceptors (Lipinski definition) is 1. The lowest BCUT2D eigenvalue weighted by atomic mass is 10.1. The molecule has 0 saturated carbocycles. The lowest BCUT2D eigenvalue weighted by molar-refractivity contribution is 0.306. The van der Waals surface area contributed by atoms with Crippen LogP contribution in [0.5, 0.6) is 5.75 Å². The lowest BCUT2D eigenvalue weighted by Crippen LogP contribution is -1.95. The van der Waals surface area contributed by atoms with Gasteiger partial charge in [-0.25, -0.2) is 0 Å². The maximum atomic E-state index is 6.00. The average Bonchev–Trinajstić information content (AvgIpc) is 3.13. The predicted octanol–water partition coefficient (Wildman–Crippen LogP) is 7.95. The lowest BCUT2D eigenvalue weighted by Gasteiger charge is -2.06. The van der Waals surface area contributed by atoms with Gasteiger partial charge < -0.3 is 4.74 Å². The highest BCUT2D eigenvalue weighted by Crippen LogP contribution is 2.48. The highest BCUT2D eigenvalue weighted by Gasteiger charge is 2.22. The van der Waals surface area contributed by atoms with Gasteiger partial charge in [-0.2, -0.15) is 0 Å². The van der Waals surface area contributed by atoms with Gasteiger partial charge in [0.2, 0.25) is 0 Å². The fraction of sp³-hybridized carbons (Fsp3) is 0.0370. The van der Waals surface area contributed by atoms with E-state index in [0.717, 1.165) is 16.9 Å². The van der Waals surface area contributed by atoms with Crippen LogP contribution < -0.4 is 4.74 Å². The Labute approximate surface area is 173 Å². The van der Waals surface area contributed by atoms with Gasteiger partial charge in [0.05, 0.1) is 0 Å². The van der Waals surface area contributed by atoms with Crippen molar-refractivity contribution in [3.63, 3.8) is 0 Å². The van der Waals surface area contributed by atoms with E-state index in [4.69, 9.17) is 4.74 Å². The Balaban J connectivity index is 1.45. The van der Waals surface area contributed by atoms with Crippen LogP contribution in [0.25, 0.3) is 31.1 Å². The molecule has 5 aromatic rings. The second kappa shape index (κ2) is 7.57. The molecule has 4 aromatic carbocycles. The molecule has 1 aromatic heterocycles. The van der Waals surface area contributed by atoms with Crippen LogP contribution in [0.4, 0.5) is 0 Å². The van der Waals surface area contributed by atoms with Gasteiger partial charge in [-0.3, -0.25) is 0 Å². The summed E-state index contributed by atoms with van der Waals surface area (Å²) < 4.78 is 8.81. The van der Waals surface area contributed by atoms with Crippen molar-refractivity contribution in [3.05, 3.63) is 115 Å². The molecule has 2 heteroatoms. The molecule has 0 aliphatic carbocycles. The van der Waals surface area contributed by atoms with E-state index in [9.17, 15) is 0 Å². The molecule has 0 aliphatic heterocycles. The van der Waals surface area contributed by atoms with Crippen LogP contribution in [0.15, 0.2) is 104 Å². The smallest absolute Gasteiger partial charge is 0.187 e. The van der Waals surface area contributed by atoms with Crippen molar-refractivity contribution in [3.8, 4) is 10.6 Å². The van der Waals surface area contributed by atoms with Crippen LogP contribution >= 0.6 is 10.5 Å². The molecule has 0 radical (unpaired) electrons. The molecule has 140 valence electrons. The van der Waals surface area contributed by atoms with E-state index >= 15 is 0 Å². The van der Waals surface area contributed by atoms with Crippen molar-refractivity contribution >= 4 is 36.7 Å². The monoisotopic (exact) mass is 393 g/mol. The van der Waals surface area contributed by atoms with Crippen LogP contribution in [0.1, 0.15) is 11.1 Å². The van der Waals surface area contributed by atoms with Gasteiger partial charge in [-0.1, -0.05) is 61.2 Å². The van der Waals surface area contributed by atoms with Gasteiger partial charge in [0.1, 0.15) is 12.4 Å². The van der Waals surface area contributed by atoms with Gasteiger partial charge in [0, 0.05) is 33.4 Å². The Morgan fingerprint density at radius 1 is 0.690 bits per heavy atom. The molecular formula is C27H21OS+. The molecule has 1 nitrogen and oxygen atoms in total. The van der Waals surface area contributed by atoms with Crippen molar-refractivity contribution in [2.45, 2.75) is 6.61 Å². The molecule has 0 saturated heterocycles. The summed E-state index contributed by atoms with van der Waals surface area (Å²) in [7, 11) is -0.0575. The van der Waals surface area contributed by atoms with Gasteiger partial charge >= 0.3 is 0 Å². The largest absolute Gasteiger partial charge is 0.489 e. The van der Waals surface area contributed by atoms with Crippen molar-refractivity contribution in [1.82, 2.24) is 0 Å². The van der Waals surface area contributed by atoms with Gasteiger partial charge in [-0.05, 0) is 47.5 Å². The van der Waals surface area contributed by atoms with Crippen LogP contribution in [0, 0.1) is 0 Å². The number of benzene rings is 4. The van der Waals surface area contributed by atoms with Gasteiger partial charge in [-0.15, -0.1) is 0 Å². The molecule has 0 atom stereocenters. The molecule has 0 unspecified atom stereocenters. The summed E-state index contributed by atoms with van der Waals surface area (Å²) in [6.07, 6.45) is 1.85. The third-order valence-corrected chi connectivity index (χ3v) is 7.52. The summed E-state index contributed by atoms with van der Waals surface area (Å²) in [5.41, 5.74) is 2.27. The maximum absolute atomic E-state index is 6.00. The summed E-state index contributed by atoms with van der Waals surface area (Å²) in [6, 6.07) is 34.4. The van der Waals surface area contributed by atoms with Crippen LogP contribution in [-0.4, -0.2) is 0 Å². The maximum Gasteiger partial charge on any atom is 0.187 e. The first kappa shape index (κ1) is 17.7. The normalized spacial score (nSPS) is 11.0. The molecule has 0 N–H and O–H groups in total. The summed E-state index contributed by atoms with van der Waals surface area (Å²) in [5.74, 6) is 0.894. The highest BCUT2D eigenvalue weighted by molar-refractivity contribution is 7.50.